The van der Waals surface area contributed by atoms with E-state index in [2.05, 4.69) is 195 Å². The number of piperidine rings is 6. The molecule has 0 radical (unpaired) electrons. The number of aromatic nitrogens is 3. The van der Waals surface area contributed by atoms with Gasteiger partial charge < -0.3 is 40.9 Å². The van der Waals surface area contributed by atoms with Crippen LogP contribution in [-0.4, -0.2) is 283 Å². The summed E-state index contributed by atoms with van der Waals surface area (Å²) < 4.78 is 3.10. The highest BCUT2D eigenvalue weighted by molar-refractivity contribution is 9.11. The molecule has 3 aliphatic carbocycles. The fraction of sp³-hybridized carbons (Fsp3) is 0.625. The lowest BCUT2D eigenvalue weighted by Crippen LogP contribution is -2.62. The number of amides is 8. The predicted molar refractivity (Wildman–Crippen MR) is 539 cm³/mol. The van der Waals surface area contributed by atoms with E-state index in [9.17, 15) is 28.8 Å². The maximum Gasteiger partial charge on any atom is 0.314 e. The van der Waals surface area contributed by atoms with Gasteiger partial charge in [-0.15, -0.1) is 0 Å². The number of benzene rings is 3. The first-order chi connectivity index (χ1) is 63.8. The minimum Gasteiger partial charge on any atom is -0.351 e. The molecule has 9 fully saturated rings. The number of carbonyl (C=O) groups is 6. The zero-order valence-electron chi connectivity index (χ0n) is 79.5. The fourth-order valence-corrected chi connectivity index (χ4v) is 26.1. The number of urea groups is 2. The van der Waals surface area contributed by atoms with Crippen LogP contribution in [0.3, 0.4) is 0 Å². The number of fused-ring (bicyclic) bond motifs is 6. The van der Waals surface area contributed by atoms with E-state index in [0.29, 0.717) is 99.1 Å². The Hall–Kier alpha value is -6.40. The summed E-state index contributed by atoms with van der Waals surface area (Å²) in [6, 6.07) is 27.9. The molecule has 720 valence electrons. The van der Waals surface area contributed by atoms with Crippen LogP contribution in [0.15, 0.2) is 105 Å². The number of halogens is 6. The molecule has 12 aliphatic rings. The summed E-state index contributed by atoms with van der Waals surface area (Å²) in [5.41, 5.74) is 26.4. The molecule has 0 saturated carbocycles. The quantitative estimate of drug-likeness (QED) is 0.103. The van der Waals surface area contributed by atoms with Crippen LogP contribution >= 0.6 is 82.6 Å². The Kier molecular flexibility index (Phi) is 33.2. The lowest BCUT2D eigenvalue weighted by atomic mass is 9.82. The van der Waals surface area contributed by atoms with Crippen molar-refractivity contribution >= 4 is 118 Å². The molecule has 9 saturated heterocycles. The Morgan fingerprint density at radius 2 is 0.654 bits per heavy atom. The fourth-order valence-electron chi connectivity index (χ4n) is 24.4. The molecule has 0 spiro atoms. The summed E-state index contributed by atoms with van der Waals surface area (Å²) in [4.78, 5) is 118. The van der Waals surface area contributed by atoms with Crippen molar-refractivity contribution in [3.63, 3.8) is 0 Å². The number of hydrogen-bond donors (Lipinski definition) is 2. The number of rotatable bonds is 14. The number of nitrogens with zero attached hydrogens (tertiary/aromatic N) is 15. The molecule has 133 heavy (non-hydrogen) atoms. The molecule has 6 atom stereocenters. The molecule has 0 bridgehead atoms. The van der Waals surface area contributed by atoms with Crippen molar-refractivity contribution in [2.24, 2.45) is 46.5 Å². The molecule has 6 unspecified atom stereocenters. The molecule has 6 aromatic rings. The van der Waals surface area contributed by atoms with E-state index in [1.165, 1.54) is 67.2 Å². The van der Waals surface area contributed by atoms with Gasteiger partial charge in [0.2, 0.25) is 23.6 Å². The standard InChI is InChI=1S/C35H48BrClN6O2.C35H47BrClN5O2.C34H46BrClN6O2/c1-35(2,3)30-22-42(16-17-43(30)31(44)18-23-8-12-41(13-9-23)34(38)45)28-10-14-40(15-11-28)33-29-7-6-27(37)20-24(29)4-5-25-19-26(36)21-39-32(25)33;1-23(2)32-22-41(16-17-42(32)33(44)18-25-8-12-39(13-9-25)24(3)43)30-10-14-40(15-11-30)35-31-7-6-29(37)20-26(31)4-5-27-19-28(36)21-38-34(27)35;1-22(2)30-21-41(15-16-42(30)31(43)17-23-7-11-40(12-8-23)34(37)44)28-9-13-39(14-10-28)33-29-6-5-27(36)19-24(29)3-4-25-18-26(35)20-38-32(25)33/h6-7,19-21,23,28,30,33H,4-5,8-18,22H2,1-3H3,(H2,38,45);6-7,19-21,23,25,30,32,35H,4-5,8-18,22H2,1-3H3;5-6,18-20,22-23,28,30,33H,3-4,7-17,21H2,1-2H3,(H2,37,44). The number of hydrogen-bond acceptors (Lipinski definition) is 15. The normalized spacial score (nSPS) is 24.2. The molecule has 18 rings (SSSR count). The van der Waals surface area contributed by atoms with Crippen LogP contribution in [0.5, 0.6) is 0 Å². The highest BCUT2D eigenvalue weighted by Gasteiger charge is 2.46. The number of likely N-dealkylation sites (tertiary alicyclic amines) is 6. The summed E-state index contributed by atoms with van der Waals surface area (Å²) in [6.07, 6.45) is 25.4. The maximum atomic E-state index is 13.7. The Morgan fingerprint density at radius 3 is 0.947 bits per heavy atom. The van der Waals surface area contributed by atoms with Gasteiger partial charge in [0, 0.05) is 247 Å². The van der Waals surface area contributed by atoms with Gasteiger partial charge in [0.1, 0.15) is 0 Å². The molecular formula is C104H141Br3Cl3N17O6. The van der Waals surface area contributed by atoms with E-state index >= 15 is 0 Å². The summed E-state index contributed by atoms with van der Waals surface area (Å²) in [7, 11) is 0. The third-order valence-electron chi connectivity index (χ3n) is 32.1. The van der Waals surface area contributed by atoms with E-state index in [0.717, 1.165) is 255 Å². The molecular weight excluding hydrogens is 1930 g/mol. The lowest BCUT2D eigenvalue weighted by molar-refractivity contribution is -0.142. The van der Waals surface area contributed by atoms with Crippen molar-refractivity contribution < 1.29 is 28.8 Å². The largest absolute Gasteiger partial charge is 0.351 e. The molecule has 29 heteroatoms. The summed E-state index contributed by atoms with van der Waals surface area (Å²) in [6.45, 7) is 35.8. The van der Waals surface area contributed by atoms with Crippen LogP contribution < -0.4 is 11.5 Å². The maximum absolute atomic E-state index is 13.7. The predicted octanol–water partition coefficient (Wildman–Crippen LogP) is 17.4. The number of nitrogens with two attached hydrogens (primary N) is 2. The smallest absolute Gasteiger partial charge is 0.314 e. The molecule has 9 aliphatic heterocycles. The van der Waals surface area contributed by atoms with Gasteiger partial charge in [-0.2, -0.15) is 0 Å². The highest BCUT2D eigenvalue weighted by atomic mass is 79.9. The van der Waals surface area contributed by atoms with E-state index < -0.39 is 0 Å². The average Bonchev–Trinajstić information content (AvgIpc) is 1.66. The van der Waals surface area contributed by atoms with Crippen molar-refractivity contribution in [3.8, 4) is 0 Å². The van der Waals surface area contributed by atoms with Gasteiger partial charge in [0.05, 0.1) is 35.2 Å². The molecule has 4 N–H and O–H groups in total. The minimum absolute atomic E-state index is 0.0145. The first kappa shape index (κ1) is 99.6. The lowest BCUT2D eigenvalue weighted by Gasteiger charge is -2.51. The topological polar surface area (TPSA) is 232 Å². The van der Waals surface area contributed by atoms with Crippen LogP contribution in [0.25, 0.3) is 0 Å². The van der Waals surface area contributed by atoms with Crippen molar-refractivity contribution in [1.82, 2.24) is 73.8 Å². The van der Waals surface area contributed by atoms with Gasteiger partial charge in [-0.05, 0) is 303 Å². The Balaban J connectivity index is 0.000000145. The summed E-state index contributed by atoms with van der Waals surface area (Å²) in [5, 5.41) is 2.40. The van der Waals surface area contributed by atoms with Crippen LogP contribution in [0.1, 0.15) is 237 Å². The number of primary amides is 2. The van der Waals surface area contributed by atoms with Crippen LogP contribution in [0.4, 0.5) is 9.59 Å². The monoisotopic (exact) mass is 2070 g/mol. The van der Waals surface area contributed by atoms with E-state index in [1.54, 1.807) is 16.7 Å². The average molecular weight is 2070 g/mol. The highest BCUT2D eigenvalue weighted by Crippen LogP contribution is 2.46. The van der Waals surface area contributed by atoms with Gasteiger partial charge in [-0.1, -0.05) is 101 Å². The summed E-state index contributed by atoms with van der Waals surface area (Å²) in [5.74, 6) is 2.86. The molecule has 3 aromatic heterocycles. The zero-order chi connectivity index (χ0) is 93.8. The second-order valence-corrected chi connectivity index (χ2v) is 46.0. The molecule has 8 amide bonds. The molecule has 3 aromatic carbocycles. The zero-order valence-corrected chi connectivity index (χ0v) is 86.5. The third-order valence-corrected chi connectivity index (χ3v) is 34.1. The Bertz CT molecular complexity index is 4730. The van der Waals surface area contributed by atoms with Crippen LogP contribution in [0.2, 0.25) is 15.1 Å². The van der Waals surface area contributed by atoms with Gasteiger partial charge in [-0.25, -0.2) is 9.59 Å². The second kappa shape index (κ2) is 44.4. The van der Waals surface area contributed by atoms with E-state index in [1.807, 2.05) is 41.7 Å². The SMILES string of the molecule is CC(=O)N1CCC(CC(=O)N2CCN(C3CCN(C4c5ccc(Cl)cc5CCc5cc(Br)cnc54)CC3)CC2C(C)C)CC1.CC(C)(C)C1CN(C2CCN(C3c4ccc(Cl)cc4CCc4cc(Br)cnc43)CC2)CCN1C(=O)CC1CCN(C(N)=O)CC1.CC(C)C1CN(C2CCN(C3c4ccc(Cl)cc4CCc4cc(Br)cnc43)CC2)CCN1C(=O)CC1CCN(C(N)=O)CC1. The summed E-state index contributed by atoms with van der Waals surface area (Å²) >= 11 is 30.3. The van der Waals surface area contributed by atoms with Gasteiger partial charge in [0.15, 0.2) is 0 Å². The molecule has 23 nitrogen and oxygen atoms in total. The number of pyridine rings is 3. The van der Waals surface area contributed by atoms with Gasteiger partial charge in [0.25, 0.3) is 0 Å². The van der Waals surface area contributed by atoms with Crippen molar-refractivity contribution in [1.29, 1.82) is 0 Å². The van der Waals surface area contributed by atoms with Crippen molar-refractivity contribution in [2.45, 2.75) is 245 Å². The Morgan fingerprint density at radius 1 is 0.368 bits per heavy atom. The molecule has 12 heterocycles. The second-order valence-electron chi connectivity index (χ2n) is 42.0. The van der Waals surface area contributed by atoms with Crippen molar-refractivity contribution in [2.75, 3.05) is 137 Å². The number of carbonyl (C=O) groups excluding carboxylic acids is 6. The van der Waals surface area contributed by atoms with Crippen LogP contribution in [-0.2, 0) is 57.7 Å². The third kappa shape index (κ3) is 23.9. The van der Waals surface area contributed by atoms with Gasteiger partial charge in [-0.3, -0.25) is 63.5 Å². The first-order valence-corrected chi connectivity index (χ1v) is 53.3. The van der Waals surface area contributed by atoms with Gasteiger partial charge >= 0.3 is 12.1 Å². The van der Waals surface area contributed by atoms with Crippen molar-refractivity contribution in [3.05, 3.63) is 187 Å². The van der Waals surface area contributed by atoms with E-state index in [-0.39, 0.29) is 71.4 Å². The minimum atomic E-state index is -0.353. The van der Waals surface area contributed by atoms with E-state index in [4.69, 9.17) is 61.2 Å². The first-order valence-electron chi connectivity index (χ1n) is 49.8. The van der Waals surface area contributed by atoms with Crippen LogP contribution in [0, 0.1) is 35.0 Å². The number of aryl methyl sites for hydroxylation is 6. The Labute approximate surface area is 830 Å². The number of piperazine rings is 3.